The molecule has 33 heavy (non-hydrogen) atoms. The molecule has 3 rings (SSSR count). The Kier molecular flexibility index (Phi) is 6.87. The molecule has 0 saturated carbocycles. The first-order valence-corrected chi connectivity index (χ1v) is 10.2. The third-order valence-corrected chi connectivity index (χ3v) is 5.21. The number of hydrogen-bond acceptors (Lipinski definition) is 9. The minimum atomic E-state index is -2.91. The lowest BCUT2D eigenvalue weighted by Gasteiger charge is -2.37. The fourth-order valence-corrected chi connectivity index (χ4v) is 3.83. The quantitative estimate of drug-likeness (QED) is 0.536. The van der Waals surface area contributed by atoms with Gasteiger partial charge >= 0.3 is 17.7 Å². The fraction of sp³-hybridized carbons (Fsp3) is 0.391. The van der Waals surface area contributed by atoms with Crippen LogP contribution in [0, 0.1) is 0 Å². The van der Waals surface area contributed by atoms with E-state index in [1.807, 2.05) is 0 Å². The molecule has 2 N–H and O–H groups in total. The smallest absolute Gasteiger partial charge is 0.378 e. The van der Waals surface area contributed by atoms with E-state index in [1.165, 1.54) is 45.6 Å². The van der Waals surface area contributed by atoms with Gasteiger partial charge in [-0.05, 0) is 49.2 Å². The first kappa shape index (κ1) is 24.0. The largest absolute Gasteiger partial charge is 0.493 e. The van der Waals surface area contributed by atoms with E-state index in [1.54, 1.807) is 13.8 Å². The van der Waals surface area contributed by atoms with Crippen molar-refractivity contribution in [3.63, 3.8) is 0 Å². The van der Waals surface area contributed by atoms with Gasteiger partial charge in [-0.3, -0.25) is 0 Å². The van der Waals surface area contributed by atoms with Gasteiger partial charge in [0.25, 0.3) is 0 Å². The molecule has 0 amide bonds. The Morgan fingerprint density at radius 1 is 0.939 bits per heavy atom. The maximum absolute atomic E-state index is 12.7. The molecule has 0 bridgehead atoms. The highest BCUT2D eigenvalue weighted by molar-refractivity contribution is 5.97. The van der Waals surface area contributed by atoms with Crippen molar-refractivity contribution in [2.24, 2.45) is 0 Å². The maximum atomic E-state index is 12.7. The number of fused-ring (bicyclic) bond motifs is 1. The predicted molar refractivity (Wildman–Crippen MR) is 115 cm³/mol. The van der Waals surface area contributed by atoms with Crippen LogP contribution in [0.2, 0.25) is 0 Å². The zero-order chi connectivity index (χ0) is 24.3. The van der Waals surface area contributed by atoms with E-state index in [9.17, 15) is 19.8 Å². The van der Waals surface area contributed by atoms with Gasteiger partial charge in [-0.15, -0.1) is 0 Å². The van der Waals surface area contributed by atoms with Gasteiger partial charge in [-0.1, -0.05) is 0 Å². The van der Waals surface area contributed by atoms with Gasteiger partial charge < -0.3 is 38.6 Å². The maximum Gasteiger partial charge on any atom is 0.378 e. The molecule has 2 aromatic rings. The third kappa shape index (κ3) is 4.09. The molecule has 0 saturated heterocycles. The normalized spacial score (nSPS) is 19.2. The molecule has 1 aliphatic heterocycles. The Hall–Kier alpha value is -3.66. The van der Waals surface area contributed by atoms with Crippen molar-refractivity contribution in [1.82, 2.24) is 0 Å². The van der Waals surface area contributed by atoms with Crippen LogP contribution >= 0.6 is 0 Å². The van der Waals surface area contributed by atoms with E-state index in [-0.39, 0.29) is 39.7 Å². The standard InChI is InChI=1S/C23H26O10/c1-6-31-15-10-13-14(11-16(15)32-7-2)21(24)33-23(27,22(25)26)19(13)12-8-17(28-3)20(30-5)18(9-12)29-4/h8-11,19,27H,6-7H2,1-5H3,(H,25,26). The summed E-state index contributed by atoms with van der Waals surface area (Å²) in [6, 6.07) is 5.87. The Bertz CT molecular complexity index is 1040. The van der Waals surface area contributed by atoms with Crippen molar-refractivity contribution in [2.75, 3.05) is 34.5 Å². The zero-order valence-electron chi connectivity index (χ0n) is 19.0. The third-order valence-electron chi connectivity index (χ3n) is 5.21. The average molecular weight is 462 g/mol. The number of hydrogen-bond donors (Lipinski definition) is 2. The van der Waals surface area contributed by atoms with Gasteiger partial charge in [0.05, 0.1) is 46.0 Å². The summed E-state index contributed by atoms with van der Waals surface area (Å²) in [5, 5.41) is 21.0. The number of carbonyl (C=O) groups excluding carboxylic acids is 1. The molecule has 0 fully saturated rings. The van der Waals surface area contributed by atoms with Gasteiger partial charge in [0.2, 0.25) is 5.75 Å². The van der Waals surface area contributed by atoms with Gasteiger partial charge in [-0.2, -0.15) is 0 Å². The zero-order valence-corrected chi connectivity index (χ0v) is 19.0. The van der Waals surface area contributed by atoms with Crippen molar-refractivity contribution in [2.45, 2.75) is 25.6 Å². The van der Waals surface area contributed by atoms with Gasteiger partial charge in [0.1, 0.15) is 0 Å². The summed E-state index contributed by atoms with van der Waals surface area (Å²) in [4.78, 5) is 24.9. The van der Waals surface area contributed by atoms with Crippen molar-refractivity contribution in [1.29, 1.82) is 0 Å². The lowest BCUT2D eigenvalue weighted by Crippen LogP contribution is -2.52. The highest BCUT2D eigenvalue weighted by Crippen LogP contribution is 2.49. The lowest BCUT2D eigenvalue weighted by molar-refractivity contribution is -0.211. The van der Waals surface area contributed by atoms with Crippen molar-refractivity contribution >= 4 is 11.9 Å². The van der Waals surface area contributed by atoms with E-state index in [0.717, 1.165) is 0 Å². The van der Waals surface area contributed by atoms with Crippen LogP contribution in [-0.4, -0.2) is 62.5 Å². The van der Waals surface area contributed by atoms with Crippen LogP contribution in [0.15, 0.2) is 24.3 Å². The number of ether oxygens (including phenoxy) is 6. The van der Waals surface area contributed by atoms with Crippen molar-refractivity contribution in [3.8, 4) is 28.7 Å². The summed E-state index contributed by atoms with van der Waals surface area (Å²) in [7, 11) is 4.23. The summed E-state index contributed by atoms with van der Waals surface area (Å²) < 4.78 is 32.4. The molecule has 0 spiro atoms. The molecular weight excluding hydrogens is 436 g/mol. The molecular formula is C23H26O10. The number of aliphatic hydroxyl groups is 1. The van der Waals surface area contributed by atoms with Crippen LogP contribution in [0.4, 0.5) is 0 Å². The van der Waals surface area contributed by atoms with E-state index < -0.39 is 23.6 Å². The summed E-state index contributed by atoms with van der Waals surface area (Å²) >= 11 is 0. The number of carboxylic acids is 1. The molecule has 2 unspecified atom stereocenters. The van der Waals surface area contributed by atoms with Crippen LogP contribution in [0.3, 0.4) is 0 Å². The number of aliphatic carboxylic acids is 1. The van der Waals surface area contributed by atoms with Crippen molar-refractivity contribution in [3.05, 3.63) is 41.0 Å². The summed E-state index contributed by atoms with van der Waals surface area (Å²) in [6.07, 6.45) is 0. The van der Waals surface area contributed by atoms with Gasteiger partial charge in [0.15, 0.2) is 23.0 Å². The first-order chi connectivity index (χ1) is 15.7. The van der Waals surface area contributed by atoms with E-state index >= 15 is 0 Å². The molecule has 10 nitrogen and oxygen atoms in total. The Morgan fingerprint density at radius 3 is 1.94 bits per heavy atom. The molecule has 2 atom stereocenters. The lowest BCUT2D eigenvalue weighted by atomic mass is 9.79. The van der Waals surface area contributed by atoms with Crippen molar-refractivity contribution < 1.29 is 48.2 Å². The number of cyclic esters (lactones) is 1. The number of rotatable bonds is 9. The molecule has 1 aliphatic rings. The fourth-order valence-electron chi connectivity index (χ4n) is 3.83. The minimum Gasteiger partial charge on any atom is -0.493 e. The van der Waals surface area contributed by atoms with Gasteiger partial charge in [-0.25, -0.2) is 9.59 Å². The molecule has 2 aromatic carbocycles. The van der Waals surface area contributed by atoms with Crippen LogP contribution in [0.5, 0.6) is 28.7 Å². The molecule has 10 heteroatoms. The summed E-state index contributed by atoms with van der Waals surface area (Å²) in [6.45, 7) is 4.15. The molecule has 0 radical (unpaired) electrons. The number of methoxy groups -OCH3 is 3. The molecule has 0 aliphatic carbocycles. The summed E-state index contributed by atoms with van der Waals surface area (Å²) in [5.41, 5.74) is 0.457. The monoisotopic (exact) mass is 462 g/mol. The summed E-state index contributed by atoms with van der Waals surface area (Å²) in [5.74, 6) is -5.70. The number of esters is 1. The Morgan fingerprint density at radius 2 is 1.48 bits per heavy atom. The second kappa shape index (κ2) is 9.45. The van der Waals surface area contributed by atoms with Crippen LogP contribution in [0.25, 0.3) is 0 Å². The number of carboxylic acid groups (broad SMARTS) is 1. The second-order valence-corrected chi connectivity index (χ2v) is 7.04. The van der Waals surface area contributed by atoms with Crippen LogP contribution in [0.1, 0.15) is 41.3 Å². The Balaban J connectivity index is 2.35. The van der Waals surface area contributed by atoms with E-state index in [0.29, 0.717) is 19.0 Å². The van der Waals surface area contributed by atoms with Crippen LogP contribution < -0.4 is 23.7 Å². The SMILES string of the molecule is CCOc1cc2c(cc1OCC)C(c1cc(OC)c(OC)c(OC)c1)C(O)(C(=O)O)OC2=O. The highest BCUT2D eigenvalue weighted by atomic mass is 16.7. The number of benzene rings is 2. The minimum absolute atomic E-state index is 0.0339. The molecule has 1 heterocycles. The van der Waals surface area contributed by atoms with E-state index in [4.69, 9.17) is 28.4 Å². The number of carbonyl (C=O) groups is 2. The van der Waals surface area contributed by atoms with E-state index in [2.05, 4.69) is 0 Å². The molecule has 0 aromatic heterocycles. The topological polar surface area (TPSA) is 130 Å². The highest BCUT2D eigenvalue weighted by Gasteiger charge is 2.55. The van der Waals surface area contributed by atoms with Gasteiger partial charge in [0, 0.05) is 0 Å². The predicted octanol–water partition coefficient (Wildman–Crippen LogP) is 2.59. The van der Waals surface area contributed by atoms with Crippen LogP contribution in [-0.2, 0) is 9.53 Å². The Labute approximate surface area is 190 Å². The second-order valence-electron chi connectivity index (χ2n) is 7.04. The average Bonchev–Trinajstić information content (AvgIpc) is 2.79. The molecule has 178 valence electrons. The first-order valence-electron chi connectivity index (χ1n) is 10.2.